The van der Waals surface area contributed by atoms with Gasteiger partial charge in [0.2, 0.25) is 0 Å². The standard InChI is InChI=1S/C25H28FN5O/c26-23-4-1-18(2-5-23)16-29-25(32)30-10-7-19(8-11-30)17-31-12-9-21-13-20(3-6-24(21)31)22(14-27)15-28/h1-6,9,12-15,19,27H,7-8,10-11,16-17,28H2,(H,29,32)/b22-15+,27-14?. The van der Waals surface area contributed by atoms with Gasteiger partial charge in [0.25, 0.3) is 0 Å². The minimum absolute atomic E-state index is 0.0679. The lowest BCUT2D eigenvalue weighted by atomic mass is 9.97. The molecule has 2 amide bonds. The smallest absolute Gasteiger partial charge is 0.317 e. The monoisotopic (exact) mass is 433 g/mol. The summed E-state index contributed by atoms with van der Waals surface area (Å²) >= 11 is 0. The number of nitrogens with zero attached hydrogens (tertiary/aromatic N) is 2. The number of likely N-dealkylation sites (tertiary alicyclic amines) is 1. The molecule has 0 bridgehead atoms. The van der Waals surface area contributed by atoms with Crippen molar-refractivity contribution < 1.29 is 9.18 Å². The molecule has 1 aliphatic heterocycles. The van der Waals surface area contributed by atoms with Crippen molar-refractivity contribution in [1.82, 2.24) is 14.8 Å². The third kappa shape index (κ3) is 4.82. The van der Waals surface area contributed by atoms with E-state index < -0.39 is 0 Å². The highest BCUT2D eigenvalue weighted by Gasteiger charge is 2.23. The van der Waals surface area contributed by atoms with Crippen molar-refractivity contribution in [3.63, 3.8) is 0 Å². The Balaban J connectivity index is 1.31. The molecule has 7 heteroatoms. The van der Waals surface area contributed by atoms with Crippen LogP contribution in [0.15, 0.2) is 60.9 Å². The van der Waals surface area contributed by atoms with Gasteiger partial charge in [-0.3, -0.25) is 0 Å². The lowest BCUT2D eigenvalue weighted by Crippen LogP contribution is -2.44. The molecule has 6 nitrogen and oxygen atoms in total. The lowest BCUT2D eigenvalue weighted by Gasteiger charge is -2.32. The van der Waals surface area contributed by atoms with Gasteiger partial charge in [-0.1, -0.05) is 18.2 Å². The molecule has 0 saturated carbocycles. The Hall–Kier alpha value is -3.61. The van der Waals surface area contributed by atoms with Gasteiger partial charge in [0.1, 0.15) is 5.82 Å². The number of halogens is 1. The average Bonchev–Trinajstić information content (AvgIpc) is 3.22. The van der Waals surface area contributed by atoms with E-state index in [1.54, 1.807) is 12.1 Å². The number of urea groups is 1. The summed E-state index contributed by atoms with van der Waals surface area (Å²) in [4.78, 5) is 14.3. The maximum atomic E-state index is 13.0. The SMILES string of the molecule is N=C/C(=C\N)c1ccc2c(ccn2CC2CCN(C(=O)NCc3ccc(F)cc3)CC2)c1. The molecule has 0 atom stereocenters. The highest BCUT2D eigenvalue weighted by atomic mass is 19.1. The van der Waals surface area contributed by atoms with Crippen LogP contribution in [0.1, 0.15) is 24.0 Å². The van der Waals surface area contributed by atoms with Gasteiger partial charge < -0.3 is 25.9 Å². The third-order valence-electron chi connectivity index (χ3n) is 6.15. The normalized spacial score (nSPS) is 15.2. The number of piperidine rings is 1. The zero-order chi connectivity index (χ0) is 22.5. The van der Waals surface area contributed by atoms with Crippen molar-refractivity contribution in [1.29, 1.82) is 5.41 Å². The van der Waals surface area contributed by atoms with Gasteiger partial charge in [0, 0.05) is 61.3 Å². The van der Waals surface area contributed by atoms with E-state index in [9.17, 15) is 9.18 Å². The summed E-state index contributed by atoms with van der Waals surface area (Å²) in [6, 6.07) is 14.3. The van der Waals surface area contributed by atoms with Crippen LogP contribution < -0.4 is 11.1 Å². The number of carbonyl (C=O) groups excluding carboxylic acids is 1. The second-order valence-electron chi connectivity index (χ2n) is 8.22. The molecule has 3 aromatic rings. The predicted molar refractivity (Wildman–Crippen MR) is 126 cm³/mol. The zero-order valence-electron chi connectivity index (χ0n) is 17.9. The molecular weight excluding hydrogens is 405 g/mol. The first-order valence-corrected chi connectivity index (χ1v) is 10.9. The molecule has 0 aliphatic carbocycles. The number of nitrogens with two attached hydrogens (primary N) is 1. The number of benzene rings is 2. The Morgan fingerprint density at radius 1 is 1.16 bits per heavy atom. The Labute approximate surface area is 187 Å². The molecular formula is C25H28FN5O. The van der Waals surface area contributed by atoms with Gasteiger partial charge in [-0.15, -0.1) is 0 Å². The van der Waals surface area contributed by atoms with E-state index >= 15 is 0 Å². The Morgan fingerprint density at radius 2 is 1.91 bits per heavy atom. The van der Waals surface area contributed by atoms with Gasteiger partial charge in [-0.05, 0) is 60.2 Å². The molecule has 0 radical (unpaired) electrons. The van der Waals surface area contributed by atoms with Crippen LogP contribution in [-0.2, 0) is 13.1 Å². The molecule has 1 aliphatic rings. The minimum Gasteiger partial charge on any atom is -0.404 e. The minimum atomic E-state index is -0.276. The summed E-state index contributed by atoms with van der Waals surface area (Å²) in [5.74, 6) is 0.231. The summed E-state index contributed by atoms with van der Waals surface area (Å²) in [6.07, 6.45) is 6.73. The molecule has 1 saturated heterocycles. The number of hydrogen-bond acceptors (Lipinski definition) is 3. The summed E-state index contributed by atoms with van der Waals surface area (Å²) < 4.78 is 15.3. The number of nitrogens with one attached hydrogen (secondary N) is 2. The van der Waals surface area contributed by atoms with Crippen molar-refractivity contribution in [3.05, 3.63) is 77.9 Å². The molecule has 0 unspecified atom stereocenters. The number of amides is 2. The Morgan fingerprint density at radius 3 is 2.59 bits per heavy atom. The molecule has 1 fully saturated rings. The topological polar surface area (TPSA) is 87.1 Å². The number of hydrogen-bond donors (Lipinski definition) is 3. The van der Waals surface area contributed by atoms with E-state index in [1.807, 2.05) is 11.0 Å². The van der Waals surface area contributed by atoms with Gasteiger partial charge in [0.15, 0.2) is 0 Å². The lowest BCUT2D eigenvalue weighted by molar-refractivity contribution is 0.165. The van der Waals surface area contributed by atoms with Crippen LogP contribution in [0.25, 0.3) is 16.5 Å². The summed E-state index contributed by atoms with van der Waals surface area (Å²) in [7, 11) is 0. The van der Waals surface area contributed by atoms with Crippen molar-refractivity contribution in [2.75, 3.05) is 13.1 Å². The van der Waals surface area contributed by atoms with Gasteiger partial charge >= 0.3 is 6.03 Å². The molecule has 4 N–H and O–H groups in total. The van der Waals surface area contributed by atoms with Gasteiger partial charge in [0.05, 0.1) is 0 Å². The first-order chi connectivity index (χ1) is 15.6. The van der Waals surface area contributed by atoms with Crippen LogP contribution >= 0.6 is 0 Å². The third-order valence-corrected chi connectivity index (χ3v) is 6.15. The number of allylic oxidation sites excluding steroid dienone is 1. The summed E-state index contributed by atoms with van der Waals surface area (Å²) in [5, 5.41) is 11.5. The fraction of sp³-hybridized carbons (Fsp3) is 0.280. The average molecular weight is 434 g/mol. The van der Waals surface area contributed by atoms with Crippen LogP contribution in [0.4, 0.5) is 9.18 Å². The van der Waals surface area contributed by atoms with Crippen molar-refractivity contribution in [3.8, 4) is 0 Å². The van der Waals surface area contributed by atoms with Crippen LogP contribution in [-0.4, -0.2) is 34.8 Å². The first-order valence-electron chi connectivity index (χ1n) is 10.9. The molecule has 1 aromatic heterocycles. The van der Waals surface area contributed by atoms with Crippen LogP contribution in [0.2, 0.25) is 0 Å². The van der Waals surface area contributed by atoms with E-state index in [-0.39, 0.29) is 11.8 Å². The van der Waals surface area contributed by atoms with Gasteiger partial charge in [-0.2, -0.15) is 0 Å². The second kappa shape index (κ2) is 9.68. The van der Waals surface area contributed by atoms with Crippen molar-refractivity contribution >= 4 is 28.7 Å². The van der Waals surface area contributed by atoms with E-state index in [2.05, 4.69) is 34.3 Å². The van der Waals surface area contributed by atoms with Crippen molar-refractivity contribution in [2.45, 2.75) is 25.9 Å². The highest BCUT2D eigenvalue weighted by molar-refractivity contribution is 6.09. The maximum absolute atomic E-state index is 13.0. The molecule has 166 valence electrons. The second-order valence-corrected chi connectivity index (χ2v) is 8.22. The summed E-state index contributed by atoms with van der Waals surface area (Å²) in [5.41, 5.74) is 9.29. The zero-order valence-corrected chi connectivity index (χ0v) is 17.9. The summed E-state index contributed by atoms with van der Waals surface area (Å²) in [6.45, 7) is 2.77. The van der Waals surface area contributed by atoms with Crippen LogP contribution in [0.3, 0.4) is 0 Å². The molecule has 2 aromatic carbocycles. The van der Waals surface area contributed by atoms with E-state index in [4.69, 9.17) is 11.1 Å². The van der Waals surface area contributed by atoms with E-state index in [1.165, 1.54) is 24.5 Å². The van der Waals surface area contributed by atoms with Crippen molar-refractivity contribution in [2.24, 2.45) is 11.7 Å². The van der Waals surface area contributed by atoms with Crippen LogP contribution in [0.5, 0.6) is 0 Å². The molecule has 32 heavy (non-hydrogen) atoms. The van der Waals surface area contributed by atoms with E-state index in [0.29, 0.717) is 18.0 Å². The fourth-order valence-corrected chi connectivity index (χ4v) is 4.26. The predicted octanol–water partition coefficient (Wildman–Crippen LogP) is 4.35. The quantitative estimate of drug-likeness (QED) is 0.505. The van der Waals surface area contributed by atoms with Crippen LogP contribution in [0, 0.1) is 17.1 Å². The van der Waals surface area contributed by atoms with E-state index in [0.717, 1.165) is 54.5 Å². The first kappa shape index (κ1) is 21.6. The molecule has 0 spiro atoms. The number of carbonyl (C=O) groups is 1. The fourth-order valence-electron chi connectivity index (χ4n) is 4.26. The number of rotatable bonds is 6. The highest BCUT2D eigenvalue weighted by Crippen LogP contribution is 2.25. The Kier molecular flexibility index (Phi) is 6.54. The largest absolute Gasteiger partial charge is 0.404 e. The number of fused-ring (bicyclic) bond motifs is 1. The number of aromatic nitrogens is 1. The maximum Gasteiger partial charge on any atom is 0.317 e. The van der Waals surface area contributed by atoms with Gasteiger partial charge in [-0.25, -0.2) is 9.18 Å². The molecule has 2 heterocycles. The Bertz CT molecular complexity index is 1130. The molecule has 4 rings (SSSR count).